The molecule has 6 nitrogen and oxygen atoms in total. The molecular formula is C23H30FN5OS. The Bertz CT molecular complexity index is 1020. The smallest absolute Gasteiger partial charge is 0.191 e. The minimum absolute atomic E-state index is 0.211. The number of hydrogen-bond acceptors (Lipinski definition) is 4. The van der Waals surface area contributed by atoms with Gasteiger partial charge in [-0.1, -0.05) is 0 Å². The summed E-state index contributed by atoms with van der Waals surface area (Å²) in [4.78, 5) is 12.8. The van der Waals surface area contributed by atoms with E-state index in [9.17, 15) is 4.39 Å². The fraction of sp³-hybridized carbons (Fsp3) is 0.435. The molecule has 1 aromatic carbocycles. The summed E-state index contributed by atoms with van der Waals surface area (Å²) in [5.41, 5.74) is 2.05. The second kappa shape index (κ2) is 10.3. The summed E-state index contributed by atoms with van der Waals surface area (Å²) in [6.07, 6.45) is 2.73. The number of aromatic amines is 1. The number of nitrogens with zero attached hydrogens (tertiary/aromatic N) is 2. The molecule has 3 N–H and O–H groups in total. The number of thiophene rings is 1. The number of aliphatic imine (C=N–C) groups is 1. The van der Waals surface area contributed by atoms with Gasteiger partial charge in [0.05, 0.1) is 19.3 Å². The molecule has 1 atom stereocenters. The number of nitrogens with one attached hydrogen (secondary N) is 3. The Morgan fingerprint density at radius 3 is 2.84 bits per heavy atom. The van der Waals surface area contributed by atoms with E-state index in [4.69, 9.17) is 4.74 Å². The van der Waals surface area contributed by atoms with E-state index in [1.807, 2.05) is 17.5 Å². The van der Waals surface area contributed by atoms with Crippen LogP contribution >= 0.6 is 11.3 Å². The van der Waals surface area contributed by atoms with Crippen LogP contribution in [0.3, 0.4) is 0 Å². The highest BCUT2D eigenvalue weighted by Crippen LogP contribution is 2.28. The summed E-state index contributed by atoms with van der Waals surface area (Å²) in [7, 11) is 1.79. The standard InChI is InChI=1S/C23H30FN5OS/c1-16-3-6-22(31-16)21(29-9-11-30-12-10-29)15-28-23(25-2)26-8-7-17-14-27-20-5-4-18(24)13-19(17)20/h3-6,13-14,21,27H,7-12,15H2,1-2H3,(H2,25,26,28). The Balaban J connectivity index is 1.34. The van der Waals surface area contributed by atoms with E-state index < -0.39 is 0 Å². The summed E-state index contributed by atoms with van der Waals surface area (Å²) < 4.78 is 19.1. The molecule has 1 unspecified atom stereocenters. The van der Waals surface area contributed by atoms with E-state index in [0.717, 1.165) is 61.7 Å². The number of fused-ring (bicyclic) bond motifs is 1. The third kappa shape index (κ3) is 5.44. The topological polar surface area (TPSA) is 64.7 Å². The lowest BCUT2D eigenvalue weighted by Crippen LogP contribution is -2.46. The SMILES string of the molecule is CN=C(NCCc1c[nH]c2ccc(F)cc12)NCC(c1ccc(C)s1)N1CCOCC1. The number of rotatable bonds is 7. The highest BCUT2D eigenvalue weighted by atomic mass is 32.1. The maximum Gasteiger partial charge on any atom is 0.191 e. The minimum atomic E-state index is -0.211. The number of ether oxygens (including phenoxy) is 1. The average molecular weight is 444 g/mol. The highest BCUT2D eigenvalue weighted by Gasteiger charge is 2.24. The number of aromatic nitrogens is 1. The van der Waals surface area contributed by atoms with E-state index in [2.05, 4.69) is 44.6 Å². The summed E-state index contributed by atoms with van der Waals surface area (Å²) in [5.74, 6) is 0.564. The molecular weight excluding hydrogens is 413 g/mol. The van der Waals surface area contributed by atoms with Crippen molar-refractivity contribution in [2.75, 3.05) is 46.4 Å². The van der Waals surface area contributed by atoms with E-state index >= 15 is 0 Å². The Kier molecular flexibility index (Phi) is 7.21. The fourth-order valence-electron chi connectivity index (χ4n) is 4.02. The van der Waals surface area contributed by atoms with Crippen LogP contribution in [0.1, 0.15) is 21.4 Å². The van der Waals surface area contributed by atoms with Crippen molar-refractivity contribution in [1.29, 1.82) is 0 Å². The summed E-state index contributed by atoms with van der Waals surface area (Å²) >= 11 is 1.85. The largest absolute Gasteiger partial charge is 0.379 e. The molecule has 1 aliphatic heterocycles. The van der Waals surface area contributed by atoms with Crippen LogP contribution in [0, 0.1) is 12.7 Å². The number of guanidine groups is 1. The molecule has 2 aromatic heterocycles. The first-order valence-electron chi connectivity index (χ1n) is 10.7. The van der Waals surface area contributed by atoms with Gasteiger partial charge in [-0.15, -0.1) is 11.3 Å². The van der Waals surface area contributed by atoms with E-state index in [0.29, 0.717) is 6.54 Å². The predicted octanol–water partition coefficient (Wildman–Crippen LogP) is 3.46. The zero-order valence-corrected chi connectivity index (χ0v) is 18.9. The molecule has 1 aliphatic rings. The van der Waals surface area contributed by atoms with Gasteiger partial charge in [0.1, 0.15) is 5.82 Å². The summed E-state index contributed by atoms with van der Waals surface area (Å²) in [5, 5.41) is 7.82. The molecule has 0 bridgehead atoms. The lowest BCUT2D eigenvalue weighted by atomic mass is 10.1. The van der Waals surface area contributed by atoms with Gasteiger partial charge in [0.2, 0.25) is 0 Å². The van der Waals surface area contributed by atoms with Gasteiger partial charge in [0.15, 0.2) is 5.96 Å². The Morgan fingerprint density at radius 2 is 2.10 bits per heavy atom. The first-order chi connectivity index (χ1) is 15.1. The van der Waals surface area contributed by atoms with Crippen LogP contribution in [0.4, 0.5) is 4.39 Å². The average Bonchev–Trinajstić information content (AvgIpc) is 3.39. The van der Waals surface area contributed by atoms with Crippen molar-refractivity contribution in [1.82, 2.24) is 20.5 Å². The molecule has 4 rings (SSSR count). The summed E-state index contributed by atoms with van der Waals surface area (Å²) in [6, 6.07) is 9.55. The van der Waals surface area contributed by atoms with Gasteiger partial charge in [-0.2, -0.15) is 0 Å². The van der Waals surface area contributed by atoms with Crippen LogP contribution in [0.2, 0.25) is 0 Å². The van der Waals surface area contributed by atoms with Gasteiger partial charge < -0.3 is 20.4 Å². The normalized spacial score (nSPS) is 16.5. The monoisotopic (exact) mass is 443 g/mol. The molecule has 3 heterocycles. The van der Waals surface area contributed by atoms with Crippen molar-refractivity contribution >= 4 is 28.2 Å². The van der Waals surface area contributed by atoms with Crippen LogP contribution in [0.15, 0.2) is 41.5 Å². The van der Waals surface area contributed by atoms with Crippen molar-refractivity contribution < 1.29 is 9.13 Å². The van der Waals surface area contributed by atoms with Crippen LogP contribution in [-0.2, 0) is 11.2 Å². The molecule has 0 aliphatic carbocycles. The lowest BCUT2D eigenvalue weighted by Gasteiger charge is -2.34. The second-order valence-corrected chi connectivity index (χ2v) is 9.07. The minimum Gasteiger partial charge on any atom is -0.379 e. The second-order valence-electron chi connectivity index (χ2n) is 7.75. The summed E-state index contributed by atoms with van der Waals surface area (Å²) in [6.45, 7) is 7.06. The number of morpholine rings is 1. The molecule has 0 radical (unpaired) electrons. The zero-order chi connectivity index (χ0) is 21.6. The Hall–Kier alpha value is -2.42. The molecule has 3 aromatic rings. The third-order valence-corrected chi connectivity index (χ3v) is 6.78. The number of H-pyrrole nitrogens is 1. The van der Waals surface area contributed by atoms with Crippen molar-refractivity contribution in [3.8, 4) is 0 Å². The van der Waals surface area contributed by atoms with Crippen molar-refractivity contribution in [3.05, 3.63) is 57.7 Å². The van der Waals surface area contributed by atoms with E-state index in [1.54, 1.807) is 19.2 Å². The molecule has 166 valence electrons. The fourth-order valence-corrected chi connectivity index (χ4v) is 5.03. The molecule has 31 heavy (non-hydrogen) atoms. The van der Waals surface area contributed by atoms with Crippen molar-refractivity contribution in [2.45, 2.75) is 19.4 Å². The van der Waals surface area contributed by atoms with E-state index in [-0.39, 0.29) is 11.9 Å². The number of benzene rings is 1. The third-order valence-electron chi connectivity index (χ3n) is 5.68. The first kappa shape index (κ1) is 21.8. The van der Waals surface area contributed by atoms with Gasteiger partial charge in [0.25, 0.3) is 0 Å². The quantitative estimate of drug-likeness (QED) is 0.387. The van der Waals surface area contributed by atoms with Gasteiger partial charge in [-0.05, 0) is 49.2 Å². The van der Waals surface area contributed by atoms with Gasteiger partial charge in [0, 0.05) is 60.1 Å². The van der Waals surface area contributed by atoms with Crippen LogP contribution in [-0.4, -0.2) is 62.3 Å². The van der Waals surface area contributed by atoms with Gasteiger partial charge in [-0.25, -0.2) is 4.39 Å². The molecule has 8 heteroatoms. The van der Waals surface area contributed by atoms with Gasteiger partial charge >= 0.3 is 0 Å². The zero-order valence-electron chi connectivity index (χ0n) is 18.1. The first-order valence-corrected chi connectivity index (χ1v) is 11.5. The van der Waals surface area contributed by atoms with E-state index in [1.165, 1.54) is 15.8 Å². The van der Waals surface area contributed by atoms with Crippen LogP contribution in [0.5, 0.6) is 0 Å². The Labute approximate surface area is 186 Å². The molecule has 0 spiro atoms. The van der Waals surface area contributed by atoms with Gasteiger partial charge in [-0.3, -0.25) is 9.89 Å². The number of hydrogen-bond donors (Lipinski definition) is 3. The maximum atomic E-state index is 13.6. The van der Waals surface area contributed by atoms with Crippen molar-refractivity contribution in [3.63, 3.8) is 0 Å². The predicted molar refractivity (Wildman–Crippen MR) is 126 cm³/mol. The molecule has 1 saturated heterocycles. The van der Waals surface area contributed by atoms with Crippen LogP contribution in [0.25, 0.3) is 10.9 Å². The number of halogens is 1. The molecule has 0 saturated carbocycles. The molecule has 0 amide bonds. The molecule has 1 fully saturated rings. The maximum absolute atomic E-state index is 13.6. The number of aryl methyl sites for hydroxylation is 1. The van der Waals surface area contributed by atoms with Crippen molar-refractivity contribution in [2.24, 2.45) is 4.99 Å². The Morgan fingerprint density at radius 1 is 1.26 bits per heavy atom. The lowest BCUT2D eigenvalue weighted by molar-refractivity contribution is 0.0177. The highest BCUT2D eigenvalue weighted by molar-refractivity contribution is 7.12. The van der Waals surface area contributed by atoms with Crippen LogP contribution < -0.4 is 10.6 Å².